The molecule has 0 N–H and O–H groups in total. The Balaban J connectivity index is 0.000000173. The van der Waals surface area contributed by atoms with Gasteiger partial charge in [-0.25, -0.2) is 0 Å². The van der Waals surface area contributed by atoms with Crippen LogP contribution in [0.4, 0.5) is 0 Å². The Morgan fingerprint density at radius 2 is 0.400 bits per heavy atom. The molecule has 0 spiro atoms. The zero-order chi connectivity index (χ0) is 16.5. The van der Waals surface area contributed by atoms with Crippen LogP contribution < -0.4 is 0 Å². The smallest absolute Gasteiger partial charge is 0 e. The van der Waals surface area contributed by atoms with Crippen molar-refractivity contribution in [1.82, 2.24) is 0 Å². The molecule has 0 aromatic heterocycles. The van der Waals surface area contributed by atoms with Crippen LogP contribution in [-0.4, -0.2) is 23.1 Å². The van der Waals surface area contributed by atoms with Crippen molar-refractivity contribution < 1.29 is 0 Å². The van der Waals surface area contributed by atoms with Gasteiger partial charge in [-0.3, -0.25) is 0 Å². The maximum absolute atomic E-state index is 2.12. The second-order valence-corrected chi connectivity index (χ2v) is 5.46. The average molecular weight is 333 g/mol. The molecule has 0 atom stereocenters. The fraction of sp³-hybridized carbons (Fsp3) is 0. The lowest BCUT2D eigenvalue weighted by molar-refractivity contribution is 1.62. The quantitative estimate of drug-likeness (QED) is 0.376. The lowest BCUT2D eigenvalue weighted by Crippen LogP contribution is -1.73. The molecule has 4 aromatic rings. The van der Waals surface area contributed by atoms with Crippen molar-refractivity contribution in [2.24, 2.45) is 0 Å². The van der Waals surface area contributed by atoms with Gasteiger partial charge in [-0.2, -0.15) is 0 Å². The first-order valence-corrected chi connectivity index (χ1v) is 8.14. The van der Waals surface area contributed by atoms with Crippen molar-refractivity contribution in [3.05, 3.63) is 121 Å². The van der Waals surface area contributed by atoms with Gasteiger partial charge in [0.05, 0.1) is 0 Å². The molecule has 0 amide bonds. The van der Waals surface area contributed by atoms with Gasteiger partial charge in [-0.05, 0) is 22.3 Å². The van der Waals surface area contributed by atoms with Crippen LogP contribution in [0, 0.1) is 0 Å². The van der Waals surface area contributed by atoms with Crippen LogP contribution in [0.5, 0.6) is 0 Å². The first kappa shape index (κ1) is 19.0. The molecule has 0 aliphatic carbocycles. The molecule has 0 unspecified atom stereocenters. The Labute approximate surface area is 166 Å². The van der Waals surface area contributed by atoms with E-state index in [2.05, 4.69) is 97.1 Å². The van der Waals surface area contributed by atoms with Gasteiger partial charge in [0.2, 0.25) is 0 Å². The highest BCUT2D eigenvalue weighted by Crippen LogP contribution is 2.18. The minimum Gasteiger partial charge on any atom is -0.0622 e. The zero-order valence-electron chi connectivity index (χ0n) is 14.3. The standard InChI is InChI=1S/2C12H10.Mg/c2*1-3-7-11(8-4-1)12-9-5-2-6-10-12;/h2*1-10H;. The summed E-state index contributed by atoms with van der Waals surface area (Å²) in [6.45, 7) is 0. The number of hydrogen-bond donors (Lipinski definition) is 0. The van der Waals surface area contributed by atoms with Gasteiger partial charge in [0, 0.05) is 23.1 Å². The highest BCUT2D eigenvalue weighted by molar-refractivity contribution is 5.75. The Bertz CT molecular complexity index is 676. The predicted molar refractivity (Wildman–Crippen MR) is 110 cm³/mol. The molecule has 2 radical (unpaired) electrons. The molecule has 0 saturated heterocycles. The summed E-state index contributed by atoms with van der Waals surface area (Å²) in [5, 5.41) is 0. The second kappa shape index (κ2) is 10.5. The number of benzene rings is 4. The summed E-state index contributed by atoms with van der Waals surface area (Å²) in [5.41, 5.74) is 5.10. The molecule has 118 valence electrons. The van der Waals surface area contributed by atoms with E-state index in [1.807, 2.05) is 24.3 Å². The van der Waals surface area contributed by atoms with Gasteiger partial charge in [-0.15, -0.1) is 0 Å². The first-order valence-electron chi connectivity index (χ1n) is 8.14. The first-order chi connectivity index (χ1) is 11.9. The maximum atomic E-state index is 2.12. The fourth-order valence-corrected chi connectivity index (χ4v) is 2.52. The predicted octanol–water partition coefficient (Wildman–Crippen LogP) is 6.33. The summed E-state index contributed by atoms with van der Waals surface area (Å²) in [6, 6.07) is 41.6. The molecule has 0 heterocycles. The molecule has 4 rings (SSSR count). The van der Waals surface area contributed by atoms with Crippen LogP contribution in [0.1, 0.15) is 0 Å². The molecule has 0 aliphatic rings. The largest absolute Gasteiger partial charge is 0.0622 e. The van der Waals surface area contributed by atoms with E-state index in [-0.39, 0.29) is 23.1 Å². The summed E-state index contributed by atoms with van der Waals surface area (Å²) in [6.07, 6.45) is 0. The van der Waals surface area contributed by atoms with Crippen LogP contribution in [0.15, 0.2) is 121 Å². The average Bonchev–Trinajstić information content (AvgIpc) is 2.71. The summed E-state index contributed by atoms with van der Waals surface area (Å²) >= 11 is 0. The minimum absolute atomic E-state index is 0. The lowest BCUT2D eigenvalue weighted by Gasteiger charge is -1.98. The van der Waals surface area contributed by atoms with Crippen molar-refractivity contribution in [3.63, 3.8) is 0 Å². The van der Waals surface area contributed by atoms with E-state index in [1.54, 1.807) is 0 Å². The molecule has 0 nitrogen and oxygen atoms in total. The van der Waals surface area contributed by atoms with E-state index in [1.165, 1.54) is 22.3 Å². The summed E-state index contributed by atoms with van der Waals surface area (Å²) in [7, 11) is 0. The van der Waals surface area contributed by atoms with E-state index in [0.29, 0.717) is 0 Å². The Hall–Kier alpha value is -2.35. The SMILES string of the molecule is [Mg].c1ccc(-c2ccccc2)cc1.c1ccc(-c2ccccc2)cc1. The normalized spacial score (nSPS) is 9.28. The van der Waals surface area contributed by atoms with Crippen LogP contribution in [0.2, 0.25) is 0 Å². The number of hydrogen-bond acceptors (Lipinski definition) is 0. The van der Waals surface area contributed by atoms with E-state index in [0.717, 1.165) is 0 Å². The molecule has 0 fully saturated rings. The summed E-state index contributed by atoms with van der Waals surface area (Å²) < 4.78 is 0. The van der Waals surface area contributed by atoms with Gasteiger partial charge in [-0.1, -0.05) is 121 Å². The van der Waals surface area contributed by atoms with Gasteiger partial charge in [0.1, 0.15) is 0 Å². The third-order valence-electron chi connectivity index (χ3n) is 3.76. The van der Waals surface area contributed by atoms with Crippen molar-refractivity contribution >= 4 is 23.1 Å². The van der Waals surface area contributed by atoms with E-state index < -0.39 is 0 Å². The Morgan fingerprint density at radius 1 is 0.240 bits per heavy atom. The fourth-order valence-electron chi connectivity index (χ4n) is 2.52. The molecule has 25 heavy (non-hydrogen) atoms. The van der Waals surface area contributed by atoms with Crippen molar-refractivity contribution in [2.45, 2.75) is 0 Å². The third-order valence-corrected chi connectivity index (χ3v) is 3.76. The van der Waals surface area contributed by atoms with Crippen LogP contribution in [0.25, 0.3) is 22.3 Å². The summed E-state index contributed by atoms with van der Waals surface area (Å²) in [5.74, 6) is 0. The van der Waals surface area contributed by atoms with Crippen molar-refractivity contribution in [2.75, 3.05) is 0 Å². The van der Waals surface area contributed by atoms with Crippen LogP contribution in [-0.2, 0) is 0 Å². The monoisotopic (exact) mass is 332 g/mol. The molecule has 1 heteroatoms. The van der Waals surface area contributed by atoms with E-state index in [9.17, 15) is 0 Å². The van der Waals surface area contributed by atoms with Crippen molar-refractivity contribution in [3.8, 4) is 22.3 Å². The third kappa shape index (κ3) is 5.90. The lowest BCUT2D eigenvalue weighted by atomic mass is 10.1. The molecular weight excluding hydrogens is 313 g/mol. The second-order valence-electron chi connectivity index (χ2n) is 5.46. The van der Waals surface area contributed by atoms with Gasteiger partial charge in [0.25, 0.3) is 0 Å². The minimum atomic E-state index is 0. The zero-order valence-corrected chi connectivity index (χ0v) is 15.7. The highest BCUT2D eigenvalue weighted by Gasteiger charge is 1.92. The number of rotatable bonds is 2. The topological polar surface area (TPSA) is 0 Å². The van der Waals surface area contributed by atoms with Crippen molar-refractivity contribution in [1.29, 1.82) is 0 Å². The van der Waals surface area contributed by atoms with E-state index in [4.69, 9.17) is 0 Å². The van der Waals surface area contributed by atoms with Crippen LogP contribution in [0.3, 0.4) is 0 Å². The van der Waals surface area contributed by atoms with E-state index >= 15 is 0 Å². The molecule has 4 aromatic carbocycles. The van der Waals surface area contributed by atoms with Gasteiger partial charge >= 0.3 is 0 Å². The molecule has 0 aliphatic heterocycles. The highest BCUT2D eigenvalue weighted by atomic mass is 24.3. The van der Waals surface area contributed by atoms with Gasteiger partial charge < -0.3 is 0 Å². The van der Waals surface area contributed by atoms with Crippen LogP contribution >= 0.6 is 0 Å². The summed E-state index contributed by atoms with van der Waals surface area (Å²) in [4.78, 5) is 0. The molecule has 0 saturated carbocycles. The maximum Gasteiger partial charge on any atom is 0 e. The van der Waals surface area contributed by atoms with Gasteiger partial charge in [0.15, 0.2) is 0 Å². The molecular formula is C24H20Mg. The Morgan fingerprint density at radius 3 is 0.560 bits per heavy atom. The molecule has 0 bridgehead atoms. The Kier molecular flexibility index (Phi) is 7.97.